The van der Waals surface area contributed by atoms with Crippen LogP contribution < -0.4 is 24.8 Å². The van der Waals surface area contributed by atoms with E-state index in [0.29, 0.717) is 11.8 Å². The summed E-state index contributed by atoms with van der Waals surface area (Å²) in [5.41, 5.74) is 5.61. The molecule has 148 valence electrons. The summed E-state index contributed by atoms with van der Waals surface area (Å²) in [4.78, 5) is 0. The second-order valence-electron chi connectivity index (χ2n) is 6.65. The van der Waals surface area contributed by atoms with Gasteiger partial charge in [0.05, 0.1) is 0 Å². The third kappa shape index (κ3) is 8.99. The number of fused-ring (bicyclic) bond motifs is 2. The van der Waals surface area contributed by atoms with Crippen LogP contribution in [0.3, 0.4) is 0 Å². The van der Waals surface area contributed by atoms with Crippen molar-refractivity contribution >= 4 is 27.6 Å². The van der Waals surface area contributed by atoms with Gasteiger partial charge in [0.1, 0.15) is 0 Å². The SMILES string of the molecule is CC1C=CC=Cc2[cH-]ccc21.CC1C=CC=Cc2[cH-]ccc21.[CH3][GeH2][CH3].[Cl-].[Cl-].[Zr+4]. The zero-order chi connectivity index (χ0) is 18.1. The van der Waals surface area contributed by atoms with Crippen LogP contribution in [0.5, 0.6) is 0 Å². The Labute approximate surface area is 209 Å². The van der Waals surface area contributed by atoms with Crippen molar-refractivity contribution in [3.63, 3.8) is 0 Å². The third-order valence-corrected chi connectivity index (χ3v) is 4.32. The molecule has 0 fully saturated rings. The Bertz CT molecular complexity index is 701. The van der Waals surface area contributed by atoms with Crippen LogP contribution in [0, 0.1) is 0 Å². The van der Waals surface area contributed by atoms with Gasteiger partial charge in [-0.25, -0.2) is 0 Å². The molecule has 2 aliphatic carbocycles. The van der Waals surface area contributed by atoms with E-state index in [2.05, 4.69) is 110 Å². The number of allylic oxidation sites excluding steroid dienone is 6. The summed E-state index contributed by atoms with van der Waals surface area (Å²) in [6, 6.07) is 12.9. The third-order valence-electron chi connectivity index (χ3n) is 4.32. The Morgan fingerprint density at radius 3 is 1.43 bits per heavy atom. The topological polar surface area (TPSA) is 0 Å². The molecule has 2 atom stereocenters. The summed E-state index contributed by atoms with van der Waals surface area (Å²) >= 11 is 0.125. The predicted octanol–water partition coefficient (Wildman–Crippen LogP) is 0.441. The van der Waals surface area contributed by atoms with E-state index in [1.807, 2.05) is 0 Å². The molecule has 2 aromatic carbocycles. The van der Waals surface area contributed by atoms with E-state index in [4.69, 9.17) is 0 Å². The van der Waals surface area contributed by atoms with Gasteiger partial charge in [0.2, 0.25) is 0 Å². The number of hydrogen-bond donors (Lipinski definition) is 0. The minimum atomic E-state index is 0. The summed E-state index contributed by atoms with van der Waals surface area (Å²) in [5.74, 6) is 5.75. The molecule has 28 heavy (non-hydrogen) atoms. The first-order valence-corrected chi connectivity index (χ1v) is 15.3. The molecular weight excluding hydrogens is 523 g/mol. The van der Waals surface area contributed by atoms with Crippen LogP contribution in [0.25, 0.3) is 12.2 Å². The quantitative estimate of drug-likeness (QED) is 0.329. The smallest absolute Gasteiger partial charge is 1.00 e. The predicted molar refractivity (Wildman–Crippen MR) is 118 cm³/mol. The van der Waals surface area contributed by atoms with Crippen molar-refractivity contribution in [2.75, 3.05) is 0 Å². The van der Waals surface area contributed by atoms with E-state index in [0.717, 1.165) is 0 Å². The van der Waals surface area contributed by atoms with Gasteiger partial charge < -0.3 is 24.8 Å². The van der Waals surface area contributed by atoms with Gasteiger partial charge in [-0.05, 0) is 11.8 Å². The van der Waals surface area contributed by atoms with Gasteiger partial charge in [-0.2, -0.15) is 46.5 Å². The van der Waals surface area contributed by atoms with Gasteiger partial charge in [0, 0.05) is 0 Å². The van der Waals surface area contributed by atoms with Gasteiger partial charge in [0.25, 0.3) is 0 Å². The fourth-order valence-electron chi connectivity index (χ4n) is 3.02. The standard InChI is InChI=1S/2C11H11.C2H8Ge.2ClH.Zr/c2*1-9-5-2-3-6-10-7-4-8-11(9)10;1-3-2;;;/h2*2-9H,1H3;3H2,1-2H3;2*1H;/q2*-1;;;;+4/p-2. The van der Waals surface area contributed by atoms with E-state index in [-0.39, 0.29) is 66.4 Å². The zero-order valence-corrected chi connectivity index (χ0v) is 24.1. The maximum absolute atomic E-state index is 2.31. The van der Waals surface area contributed by atoms with E-state index >= 15 is 0 Å². The average molecular weight is 553 g/mol. The molecule has 0 amide bonds. The maximum atomic E-state index is 2.31. The zero-order valence-electron chi connectivity index (χ0n) is 17.2. The van der Waals surface area contributed by atoms with Crippen LogP contribution >= 0.6 is 0 Å². The van der Waals surface area contributed by atoms with Crippen LogP contribution in [0.15, 0.2) is 72.9 Å². The fraction of sp³-hybridized carbons (Fsp3) is 0.250. The van der Waals surface area contributed by atoms with Crippen LogP contribution in [0.4, 0.5) is 0 Å². The van der Waals surface area contributed by atoms with Crippen LogP contribution in [-0.4, -0.2) is 15.4 Å². The second kappa shape index (κ2) is 16.5. The number of hydrogen-bond acceptors (Lipinski definition) is 0. The van der Waals surface area contributed by atoms with Gasteiger partial charge >= 0.3 is 53.1 Å². The van der Waals surface area contributed by atoms with Crippen molar-refractivity contribution < 1.29 is 51.0 Å². The first-order chi connectivity index (χ1) is 12.2. The molecule has 0 nitrogen and oxygen atoms in total. The maximum Gasteiger partial charge on any atom is 4.00 e. The summed E-state index contributed by atoms with van der Waals surface area (Å²) < 4.78 is 0. The molecule has 0 saturated heterocycles. The number of halogens is 2. The Balaban J connectivity index is 0. The van der Waals surface area contributed by atoms with Crippen molar-refractivity contribution in [2.24, 2.45) is 0 Å². The molecule has 2 aromatic rings. The largest absolute Gasteiger partial charge is 4.00 e. The minimum absolute atomic E-state index is 0. The molecule has 0 heterocycles. The Morgan fingerprint density at radius 1 is 0.714 bits per heavy atom. The molecule has 0 radical (unpaired) electrons. The van der Waals surface area contributed by atoms with Crippen molar-refractivity contribution in [2.45, 2.75) is 37.2 Å². The van der Waals surface area contributed by atoms with Gasteiger partial charge in [-0.15, -0.1) is 36.4 Å². The van der Waals surface area contributed by atoms with E-state index in [1.54, 1.807) is 0 Å². The molecule has 2 unspecified atom stereocenters. The molecule has 0 aromatic heterocycles. The first kappa shape index (κ1) is 29.9. The molecule has 0 saturated carbocycles. The molecule has 0 N–H and O–H groups in total. The molecule has 4 heteroatoms. The van der Waals surface area contributed by atoms with Crippen LogP contribution in [0.2, 0.25) is 11.5 Å². The van der Waals surface area contributed by atoms with Crippen molar-refractivity contribution in [3.05, 3.63) is 95.1 Å². The Kier molecular flexibility index (Phi) is 17.6. The summed E-state index contributed by atoms with van der Waals surface area (Å²) in [7, 11) is 0. The molecular formula is C24H30Cl2GeZr. The van der Waals surface area contributed by atoms with Gasteiger partial charge in [0.15, 0.2) is 0 Å². The average Bonchev–Trinajstić information content (AvgIpc) is 3.19. The van der Waals surface area contributed by atoms with Crippen LogP contribution in [0.1, 0.15) is 47.9 Å². The molecule has 4 rings (SSSR count). The van der Waals surface area contributed by atoms with Crippen molar-refractivity contribution in [1.29, 1.82) is 0 Å². The normalized spacial score (nSPS) is 17.4. The van der Waals surface area contributed by atoms with Crippen molar-refractivity contribution in [1.82, 2.24) is 0 Å². The van der Waals surface area contributed by atoms with Crippen LogP contribution in [-0.2, 0) is 26.2 Å². The molecule has 0 spiro atoms. The van der Waals surface area contributed by atoms with E-state index in [9.17, 15) is 0 Å². The Morgan fingerprint density at radius 2 is 1.07 bits per heavy atom. The molecule has 2 aliphatic rings. The monoisotopic (exact) mass is 552 g/mol. The summed E-state index contributed by atoms with van der Waals surface area (Å²) in [5, 5.41) is 0. The number of rotatable bonds is 0. The fourth-order valence-corrected chi connectivity index (χ4v) is 3.02. The van der Waals surface area contributed by atoms with E-state index in [1.165, 1.54) is 22.3 Å². The Hall–Kier alpha value is -0.334. The first-order valence-electron chi connectivity index (χ1n) is 9.38. The minimum Gasteiger partial charge on any atom is -1.00 e. The summed E-state index contributed by atoms with van der Waals surface area (Å²) in [6.07, 6.45) is 17.2. The summed E-state index contributed by atoms with van der Waals surface area (Å²) in [6.45, 7) is 4.45. The van der Waals surface area contributed by atoms with Gasteiger partial charge in [-0.3, -0.25) is 0 Å². The van der Waals surface area contributed by atoms with Crippen molar-refractivity contribution in [3.8, 4) is 0 Å². The second-order valence-corrected chi connectivity index (χ2v) is 9.61. The van der Waals surface area contributed by atoms with Gasteiger partial charge in [-0.1, -0.05) is 38.2 Å². The molecule has 0 aliphatic heterocycles. The molecule has 0 bridgehead atoms. The van der Waals surface area contributed by atoms with E-state index < -0.39 is 0 Å².